The normalized spacial score (nSPS) is 15.9. The molecule has 1 saturated heterocycles. The molecular weight excluding hydrogens is 367 g/mol. The van der Waals surface area contributed by atoms with Crippen molar-refractivity contribution in [3.63, 3.8) is 0 Å². The molecular formula is C16H18F3N5O3. The first kappa shape index (κ1) is 19.1. The Hall–Kier alpha value is -2.69. The van der Waals surface area contributed by atoms with Crippen molar-refractivity contribution in [3.05, 3.63) is 45.6 Å². The minimum atomic E-state index is -4.67. The third kappa shape index (κ3) is 4.35. The monoisotopic (exact) mass is 385 g/mol. The smallest absolute Gasteiger partial charge is 0.368 e. The third-order valence-electron chi connectivity index (χ3n) is 4.39. The largest absolute Gasteiger partial charge is 0.418 e. The zero-order valence-electron chi connectivity index (χ0n) is 14.6. The molecule has 0 atom stereocenters. The highest BCUT2D eigenvalue weighted by Crippen LogP contribution is 2.39. The van der Waals surface area contributed by atoms with Gasteiger partial charge in [0.2, 0.25) is 5.89 Å². The van der Waals surface area contributed by atoms with Gasteiger partial charge < -0.3 is 9.42 Å². The molecule has 0 spiro atoms. The SMILES string of the molecule is CCc1nc(CN2CCN(c3ccc([N+](=O)[O-])cc3C(F)(F)F)CC2)no1. The molecule has 1 aliphatic rings. The molecule has 1 aromatic carbocycles. The number of alkyl halides is 3. The standard InChI is InChI=1S/C16H18F3N5O3/c1-2-15-20-14(21-27-15)10-22-5-7-23(8-6-22)13-4-3-11(24(25)26)9-12(13)16(17,18)19/h3-4,9H,2,5-8,10H2,1H3. The van der Waals surface area contributed by atoms with Crippen molar-refractivity contribution < 1.29 is 22.6 Å². The number of hydrogen-bond donors (Lipinski definition) is 0. The molecule has 3 rings (SSSR count). The van der Waals surface area contributed by atoms with Crippen LogP contribution in [0.25, 0.3) is 0 Å². The van der Waals surface area contributed by atoms with Crippen LogP contribution in [-0.2, 0) is 19.1 Å². The number of rotatable bonds is 5. The van der Waals surface area contributed by atoms with Crippen LogP contribution < -0.4 is 4.90 Å². The maximum Gasteiger partial charge on any atom is 0.418 e. The van der Waals surface area contributed by atoms with Crippen molar-refractivity contribution in [1.82, 2.24) is 15.0 Å². The summed E-state index contributed by atoms with van der Waals surface area (Å²) >= 11 is 0. The molecule has 1 aliphatic heterocycles. The lowest BCUT2D eigenvalue weighted by atomic mass is 10.1. The number of halogens is 3. The summed E-state index contributed by atoms with van der Waals surface area (Å²) in [6.07, 6.45) is -4.03. The van der Waals surface area contributed by atoms with Crippen LogP contribution >= 0.6 is 0 Å². The first-order valence-corrected chi connectivity index (χ1v) is 8.42. The van der Waals surface area contributed by atoms with E-state index in [2.05, 4.69) is 10.1 Å². The van der Waals surface area contributed by atoms with Crippen LogP contribution in [0, 0.1) is 10.1 Å². The van der Waals surface area contributed by atoms with E-state index in [-0.39, 0.29) is 5.69 Å². The van der Waals surface area contributed by atoms with E-state index in [1.807, 2.05) is 11.8 Å². The molecule has 0 saturated carbocycles. The minimum Gasteiger partial charge on any atom is -0.368 e. The van der Waals surface area contributed by atoms with E-state index >= 15 is 0 Å². The number of benzene rings is 1. The Morgan fingerprint density at radius 1 is 1.26 bits per heavy atom. The lowest BCUT2D eigenvalue weighted by molar-refractivity contribution is -0.385. The Morgan fingerprint density at radius 2 is 1.96 bits per heavy atom. The summed E-state index contributed by atoms with van der Waals surface area (Å²) in [6.45, 7) is 4.12. The van der Waals surface area contributed by atoms with Gasteiger partial charge in [-0.05, 0) is 6.07 Å². The number of aryl methyl sites for hydroxylation is 1. The average Bonchev–Trinajstić information content (AvgIpc) is 3.08. The van der Waals surface area contributed by atoms with Crippen molar-refractivity contribution in [2.75, 3.05) is 31.1 Å². The molecule has 1 fully saturated rings. The fourth-order valence-corrected chi connectivity index (χ4v) is 2.99. The summed E-state index contributed by atoms with van der Waals surface area (Å²) in [5, 5.41) is 14.7. The Labute approximate surface area is 152 Å². The first-order chi connectivity index (χ1) is 12.8. The van der Waals surface area contributed by atoms with Gasteiger partial charge in [0.05, 0.1) is 17.0 Å². The summed E-state index contributed by atoms with van der Waals surface area (Å²) in [5.41, 5.74) is -1.61. The number of piperazine rings is 1. The van der Waals surface area contributed by atoms with E-state index < -0.39 is 22.4 Å². The summed E-state index contributed by atoms with van der Waals surface area (Å²) < 4.78 is 45.1. The Balaban J connectivity index is 1.71. The summed E-state index contributed by atoms with van der Waals surface area (Å²) in [5.74, 6) is 1.09. The second-order valence-corrected chi connectivity index (χ2v) is 6.18. The highest BCUT2D eigenvalue weighted by atomic mass is 19.4. The zero-order chi connectivity index (χ0) is 19.6. The molecule has 0 bridgehead atoms. The quantitative estimate of drug-likeness (QED) is 0.578. The maximum absolute atomic E-state index is 13.4. The second-order valence-electron chi connectivity index (χ2n) is 6.18. The van der Waals surface area contributed by atoms with E-state index in [0.29, 0.717) is 56.9 Å². The van der Waals surface area contributed by atoms with Gasteiger partial charge in [-0.1, -0.05) is 12.1 Å². The second kappa shape index (κ2) is 7.51. The van der Waals surface area contributed by atoms with Crippen molar-refractivity contribution in [1.29, 1.82) is 0 Å². The molecule has 0 radical (unpaired) electrons. The van der Waals surface area contributed by atoms with Gasteiger partial charge in [-0.15, -0.1) is 0 Å². The van der Waals surface area contributed by atoms with Gasteiger partial charge in [0.1, 0.15) is 0 Å². The Morgan fingerprint density at radius 3 is 2.52 bits per heavy atom. The minimum absolute atomic E-state index is 0.0411. The third-order valence-corrected chi connectivity index (χ3v) is 4.39. The van der Waals surface area contributed by atoms with Gasteiger partial charge in [-0.3, -0.25) is 15.0 Å². The molecule has 0 N–H and O–H groups in total. The van der Waals surface area contributed by atoms with Crippen molar-refractivity contribution in [2.45, 2.75) is 26.1 Å². The first-order valence-electron chi connectivity index (χ1n) is 8.42. The van der Waals surface area contributed by atoms with Gasteiger partial charge >= 0.3 is 6.18 Å². The van der Waals surface area contributed by atoms with E-state index in [1.165, 1.54) is 6.07 Å². The van der Waals surface area contributed by atoms with Crippen LogP contribution in [0.15, 0.2) is 22.7 Å². The number of aromatic nitrogens is 2. The van der Waals surface area contributed by atoms with Crippen molar-refractivity contribution >= 4 is 11.4 Å². The fraction of sp³-hybridized carbons (Fsp3) is 0.500. The van der Waals surface area contributed by atoms with Gasteiger partial charge in [0, 0.05) is 50.4 Å². The number of nitrogens with zero attached hydrogens (tertiary/aromatic N) is 5. The zero-order valence-corrected chi connectivity index (χ0v) is 14.6. The number of nitro benzene ring substituents is 1. The van der Waals surface area contributed by atoms with E-state index in [1.54, 1.807) is 4.90 Å². The predicted molar refractivity (Wildman–Crippen MR) is 89.3 cm³/mol. The van der Waals surface area contributed by atoms with Crippen LogP contribution in [0.5, 0.6) is 0 Å². The number of anilines is 1. The molecule has 27 heavy (non-hydrogen) atoms. The lowest BCUT2D eigenvalue weighted by Gasteiger charge is -2.36. The summed E-state index contributed by atoms with van der Waals surface area (Å²) in [7, 11) is 0. The molecule has 0 aliphatic carbocycles. The van der Waals surface area contributed by atoms with Crippen LogP contribution in [-0.4, -0.2) is 46.1 Å². The fourth-order valence-electron chi connectivity index (χ4n) is 2.99. The molecule has 0 unspecified atom stereocenters. The number of hydrogen-bond acceptors (Lipinski definition) is 7. The van der Waals surface area contributed by atoms with Gasteiger partial charge in [-0.25, -0.2) is 0 Å². The summed E-state index contributed by atoms with van der Waals surface area (Å²) in [4.78, 5) is 17.8. The topological polar surface area (TPSA) is 88.5 Å². The molecule has 1 aromatic heterocycles. The lowest BCUT2D eigenvalue weighted by Crippen LogP contribution is -2.46. The van der Waals surface area contributed by atoms with Crippen LogP contribution in [0.4, 0.5) is 24.5 Å². The van der Waals surface area contributed by atoms with Crippen LogP contribution in [0.1, 0.15) is 24.2 Å². The van der Waals surface area contributed by atoms with E-state index in [4.69, 9.17) is 4.52 Å². The highest BCUT2D eigenvalue weighted by molar-refractivity contribution is 5.59. The van der Waals surface area contributed by atoms with E-state index in [0.717, 1.165) is 6.07 Å². The molecule has 2 aromatic rings. The number of nitro groups is 1. The average molecular weight is 385 g/mol. The molecule has 11 heteroatoms. The number of non-ortho nitro benzene ring substituents is 1. The van der Waals surface area contributed by atoms with Crippen molar-refractivity contribution in [3.8, 4) is 0 Å². The molecule has 146 valence electrons. The van der Waals surface area contributed by atoms with Crippen LogP contribution in [0.3, 0.4) is 0 Å². The van der Waals surface area contributed by atoms with Crippen molar-refractivity contribution in [2.24, 2.45) is 0 Å². The highest BCUT2D eigenvalue weighted by Gasteiger charge is 2.37. The maximum atomic E-state index is 13.4. The molecule has 8 nitrogen and oxygen atoms in total. The Kier molecular flexibility index (Phi) is 5.31. The van der Waals surface area contributed by atoms with Crippen LogP contribution in [0.2, 0.25) is 0 Å². The van der Waals surface area contributed by atoms with Gasteiger partial charge in [0.25, 0.3) is 5.69 Å². The van der Waals surface area contributed by atoms with E-state index in [9.17, 15) is 23.3 Å². The van der Waals surface area contributed by atoms with Gasteiger partial charge in [-0.2, -0.15) is 18.2 Å². The van der Waals surface area contributed by atoms with Gasteiger partial charge in [0.15, 0.2) is 5.82 Å². The molecule has 0 amide bonds. The summed E-state index contributed by atoms with van der Waals surface area (Å²) in [6, 6.07) is 2.86. The predicted octanol–water partition coefficient (Wildman–Crippen LogP) is 2.88. The molecule has 2 heterocycles. The Bertz CT molecular complexity index is 816.